The Balaban J connectivity index is -0.0000000325. The first-order chi connectivity index (χ1) is 4.74. The Kier molecular flexibility index (Phi) is 128. The summed E-state index contributed by atoms with van der Waals surface area (Å²) in [5.74, 6) is 0. The highest BCUT2D eigenvalue weighted by atomic mass is 32.1. The minimum atomic E-state index is -0.125. The molecule has 0 saturated carbocycles. The lowest BCUT2D eigenvalue weighted by Gasteiger charge is -1.70. The number of hydrogen-bond donors (Lipinski definition) is 4. The summed E-state index contributed by atoms with van der Waals surface area (Å²) in [6, 6.07) is 0. The van der Waals surface area contributed by atoms with Gasteiger partial charge < -0.3 is 20.6 Å². The van der Waals surface area contributed by atoms with Gasteiger partial charge in [0.05, 0.1) is 13.2 Å². The number of aliphatic hydroxyl groups excluding tert-OH is 2. The van der Waals surface area contributed by atoms with Gasteiger partial charge in [-0.2, -0.15) is 13.5 Å². The standard InChI is InChI=1S/C2H6O2.2HNO2.H2S/c3-1-2-4;2*2-1-3;/h3-4H,1-2H2;2*(H,2,3);1H2. The zero-order valence-corrected chi connectivity index (χ0v) is 6.41. The molecule has 8 nitrogen and oxygen atoms in total. The van der Waals surface area contributed by atoms with E-state index in [4.69, 9.17) is 30.4 Å². The smallest absolute Gasteiger partial charge is 0.152 e. The molecule has 0 spiro atoms. The molecule has 0 bridgehead atoms. The van der Waals surface area contributed by atoms with Gasteiger partial charge in [-0.15, -0.1) is 9.81 Å². The summed E-state index contributed by atoms with van der Waals surface area (Å²) in [6.07, 6.45) is 0. The van der Waals surface area contributed by atoms with Gasteiger partial charge in [-0.25, -0.2) is 0 Å². The Morgan fingerprint density at radius 1 is 0.909 bits per heavy atom. The van der Waals surface area contributed by atoms with Crippen LogP contribution in [0.15, 0.2) is 10.7 Å². The van der Waals surface area contributed by atoms with Crippen molar-refractivity contribution in [1.82, 2.24) is 0 Å². The van der Waals surface area contributed by atoms with Crippen molar-refractivity contribution in [2.45, 2.75) is 0 Å². The molecule has 0 atom stereocenters. The van der Waals surface area contributed by atoms with Gasteiger partial charge in [0.25, 0.3) is 0 Å². The van der Waals surface area contributed by atoms with Crippen LogP contribution in [-0.4, -0.2) is 33.8 Å². The number of nitrogens with zero attached hydrogens (tertiary/aromatic N) is 2. The molecule has 0 rings (SSSR count). The quantitative estimate of drug-likeness (QED) is 0.320. The van der Waals surface area contributed by atoms with Crippen molar-refractivity contribution in [3.63, 3.8) is 0 Å². The summed E-state index contributed by atoms with van der Waals surface area (Å²) in [5, 5.41) is 31.0. The molecule has 0 aromatic rings. The average molecular weight is 190 g/mol. The van der Waals surface area contributed by atoms with Gasteiger partial charge in [-0.3, -0.25) is 0 Å². The molecule has 0 aliphatic heterocycles. The van der Waals surface area contributed by atoms with Crippen LogP contribution in [0.2, 0.25) is 0 Å². The van der Waals surface area contributed by atoms with Gasteiger partial charge in [0.15, 0.2) is 10.7 Å². The van der Waals surface area contributed by atoms with Gasteiger partial charge in [0.2, 0.25) is 0 Å². The molecule has 11 heavy (non-hydrogen) atoms. The molecule has 0 aliphatic rings. The van der Waals surface area contributed by atoms with Crippen molar-refractivity contribution < 1.29 is 20.6 Å². The van der Waals surface area contributed by atoms with E-state index in [1.54, 1.807) is 0 Å². The van der Waals surface area contributed by atoms with E-state index in [1.165, 1.54) is 10.7 Å². The van der Waals surface area contributed by atoms with Crippen LogP contribution in [0.4, 0.5) is 0 Å². The van der Waals surface area contributed by atoms with Crippen LogP contribution in [-0.2, 0) is 0 Å². The fraction of sp³-hybridized carbons (Fsp3) is 1.00. The number of aliphatic hydroxyl groups is 2. The Morgan fingerprint density at radius 2 is 1.00 bits per heavy atom. The van der Waals surface area contributed by atoms with Crippen molar-refractivity contribution in [1.29, 1.82) is 0 Å². The highest BCUT2D eigenvalue weighted by molar-refractivity contribution is 7.59. The zero-order valence-electron chi connectivity index (χ0n) is 5.41. The van der Waals surface area contributed by atoms with Crippen LogP contribution < -0.4 is 0 Å². The van der Waals surface area contributed by atoms with Crippen LogP contribution >= 0.6 is 13.5 Å². The highest BCUT2D eigenvalue weighted by Crippen LogP contribution is 1.39. The number of rotatable bonds is 1. The van der Waals surface area contributed by atoms with Crippen molar-refractivity contribution in [3.05, 3.63) is 9.81 Å². The molecule has 70 valence electrons. The van der Waals surface area contributed by atoms with E-state index in [1.807, 2.05) is 0 Å². The van der Waals surface area contributed by atoms with E-state index < -0.39 is 0 Å². The van der Waals surface area contributed by atoms with Crippen LogP contribution in [0.25, 0.3) is 0 Å². The van der Waals surface area contributed by atoms with Gasteiger partial charge >= 0.3 is 0 Å². The fourth-order valence-electron chi connectivity index (χ4n) is 0. The Hall–Kier alpha value is -0.930. The monoisotopic (exact) mass is 190 g/mol. The maximum atomic E-state index is 8.11. The van der Waals surface area contributed by atoms with Gasteiger partial charge in [-0.1, -0.05) is 0 Å². The first kappa shape index (κ1) is 22.5. The predicted molar refractivity (Wildman–Crippen MR) is 39.7 cm³/mol. The fourth-order valence-corrected chi connectivity index (χ4v) is 0. The summed E-state index contributed by atoms with van der Waals surface area (Å²) in [4.78, 5) is 16.2. The molecular weight excluding hydrogens is 180 g/mol. The summed E-state index contributed by atoms with van der Waals surface area (Å²) < 4.78 is 0. The Bertz CT molecular complexity index is 54.5. The Morgan fingerprint density at radius 3 is 1.00 bits per heavy atom. The van der Waals surface area contributed by atoms with Crippen LogP contribution in [0.1, 0.15) is 0 Å². The maximum Gasteiger partial charge on any atom is 0.152 e. The predicted octanol–water partition coefficient (Wildman–Crippen LogP) is -0.632. The largest absolute Gasteiger partial charge is 0.394 e. The third-order valence-electron chi connectivity index (χ3n) is 0.1000. The lowest BCUT2D eigenvalue weighted by atomic mass is 10.8. The highest BCUT2D eigenvalue weighted by Gasteiger charge is 1.58. The summed E-state index contributed by atoms with van der Waals surface area (Å²) in [6.45, 7) is -0.250. The van der Waals surface area contributed by atoms with E-state index in [-0.39, 0.29) is 26.7 Å². The lowest BCUT2D eigenvalue weighted by Crippen LogP contribution is -1.85. The van der Waals surface area contributed by atoms with Crippen LogP contribution in [0.3, 0.4) is 0 Å². The topological polar surface area (TPSA) is 140 Å². The van der Waals surface area contributed by atoms with Gasteiger partial charge in [0, 0.05) is 0 Å². The summed E-state index contributed by atoms with van der Waals surface area (Å²) in [7, 11) is 0. The normalized spacial score (nSPS) is 4.91. The minimum Gasteiger partial charge on any atom is -0.394 e. The second-order valence-electron chi connectivity index (χ2n) is 0.611. The number of hydrogen-bond acceptors (Lipinski definition) is 6. The second kappa shape index (κ2) is 62.7. The first-order valence-corrected chi connectivity index (χ1v) is 1.90. The van der Waals surface area contributed by atoms with Crippen molar-refractivity contribution in [2.24, 2.45) is 10.7 Å². The average Bonchev–Trinajstić information content (AvgIpc) is 1.91. The van der Waals surface area contributed by atoms with Gasteiger partial charge in [-0.05, 0) is 0 Å². The summed E-state index contributed by atoms with van der Waals surface area (Å²) in [5.41, 5.74) is 0. The molecule has 0 unspecified atom stereocenters. The molecule has 0 aromatic heterocycles. The van der Waals surface area contributed by atoms with Gasteiger partial charge in [0.1, 0.15) is 0 Å². The second-order valence-corrected chi connectivity index (χ2v) is 0.611. The van der Waals surface area contributed by atoms with E-state index in [0.29, 0.717) is 0 Å². The van der Waals surface area contributed by atoms with E-state index >= 15 is 0 Å². The zero-order chi connectivity index (χ0) is 8.83. The molecule has 9 heteroatoms. The Labute approximate surface area is 68.8 Å². The molecule has 0 radical (unpaired) electrons. The third-order valence-corrected chi connectivity index (χ3v) is 0.1000. The van der Waals surface area contributed by atoms with E-state index in [2.05, 4.69) is 0 Å². The maximum absolute atomic E-state index is 8.11. The third kappa shape index (κ3) is 92500. The van der Waals surface area contributed by atoms with Crippen molar-refractivity contribution >= 4 is 13.5 Å². The van der Waals surface area contributed by atoms with Crippen LogP contribution in [0, 0.1) is 9.81 Å². The van der Waals surface area contributed by atoms with Crippen LogP contribution in [0.5, 0.6) is 0 Å². The molecule has 0 aromatic carbocycles. The molecule has 0 amide bonds. The molecular formula is C2H10N2O6S. The van der Waals surface area contributed by atoms with E-state index in [0.717, 1.165) is 0 Å². The van der Waals surface area contributed by atoms with Crippen molar-refractivity contribution in [3.8, 4) is 0 Å². The molecule has 0 aliphatic carbocycles. The summed E-state index contributed by atoms with van der Waals surface area (Å²) >= 11 is 0. The SMILES string of the molecule is O=NO.O=NO.OCCO.S. The van der Waals surface area contributed by atoms with Crippen molar-refractivity contribution in [2.75, 3.05) is 13.2 Å². The molecule has 4 N–H and O–H groups in total. The first-order valence-electron chi connectivity index (χ1n) is 1.90. The minimum absolute atomic E-state index is 0. The molecule has 0 saturated heterocycles. The van der Waals surface area contributed by atoms with E-state index in [9.17, 15) is 0 Å². The molecule has 0 fully saturated rings. The lowest BCUT2D eigenvalue weighted by molar-refractivity contribution is 0.186. The molecule has 0 heterocycles.